The average molecular weight is 268 g/mol. The predicted octanol–water partition coefficient (Wildman–Crippen LogP) is 2.53. The first kappa shape index (κ1) is 14.3. The van der Waals surface area contributed by atoms with Crippen molar-refractivity contribution in [1.82, 2.24) is 0 Å². The molecule has 104 valence electrons. The van der Waals surface area contributed by atoms with Crippen LogP contribution in [0.25, 0.3) is 0 Å². The van der Waals surface area contributed by atoms with E-state index in [-0.39, 0.29) is 5.91 Å². The van der Waals surface area contributed by atoms with Crippen LogP contribution < -0.4 is 10.6 Å². The van der Waals surface area contributed by atoms with E-state index < -0.39 is 0 Å². The van der Waals surface area contributed by atoms with Gasteiger partial charge in [-0.3, -0.25) is 4.79 Å². The van der Waals surface area contributed by atoms with Gasteiger partial charge in [0.15, 0.2) is 0 Å². The number of nitrogens with zero attached hydrogens (tertiary/aromatic N) is 1. The van der Waals surface area contributed by atoms with E-state index in [0.717, 1.165) is 16.8 Å². The van der Waals surface area contributed by atoms with Crippen LogP contribution in [-0.2, 0) is 11.2 Å². The molecule has 0 unspecified atom stereocenters. The summed E-state index contributed by atoms with van der Waals surface area (Å²) in [6.45, 7) is 3.01. The zero-order valence-electron chi connectivity index (χ0n) is 11.8. The van der Waals surface area contributed by atoms with Gasteiger partial charge >= 0.3 is 0 Å². The third kappa shape index (κ3) is 3.68. The summed E-state index contributed by atoms with van der Waals surface area (Å²) in [5.74, 6) is 0.0762. The highest BCUT2D eigenvalue weighted by molar-refractivity contribution is 5.94. The lowest BCUT2D eigenvalue weighted by molar-refractivity contribution is -0.118. The van der Waals surface area contributed by atoms with Crippen molar-refractivity contribution in [1.29, 1.82) is 0 Å². The van der Waals surface area contributed by atoms with E-state index in [1.54, 1.807) is 4.90 Å². The van der Waals surface area contributed by atoms with Crippen LogP contribution in [0.5, 0.6) is 0 Å². The Hall–Kier alpha value is -2.13. The van der Waals surface area contributed by atoms with Gasteiger partial charge in [-0.25, -0.2) is 0 Å². The van der Waals surface area contributed by atoms with Gasteiger partial charge in [0.2, 0.25) is 5.91 Å². The minimum Gasteiger partial charge on any atom is -0.329 e. The highest BCUT2D eigenvalue weighted by Gasteiger charge is 2.15. The molecule has 2 aromatic rings. The molecule has 0 spiro atoms. The zero-order chi connectivity index (χ0) is 14.4. The fraction of sp³-hybridized carbons (Fsp3) is 0.235. The largest absolute Gasteiger partial charge is 0.329 e. The number of hydrogen-bond acceptors (Lipinski definition) is 2. The second kappa shape index (κ2) is 6.87. The van der Waals surface area contributed by atoms with Gasteiger partial charge in [-0.2, -0.15) is 0 Å². The van der Waals surface area contributed by atoms with E-state index >= 15 is 0 Å². The predicted molar refractivity (Wildman–Crippen MR) is 82.7 cm³/mol. The number of amides is 1. The summed E-state index contributed by atoms with van der Waals surface area (Å²) in [5.41, 5.74) is 8.71. The average Bonchev–Trinajstić information content (AvgIpc) is 2.45. The topological polar surface area (TPSA) is 46.3 Å². The summed E-state index contributed by atoms with van der Waals surface area (Å²) < 4.78 is 0. The van der Waals surface area contributed by atoms with E-state index in [9.17, 15) is 4.79 Å². The van der Waals surface area contributed by atoms with Crippen LogP contribution in [0.3, 0.4) is 0 Å². The molecule has 0 saturated carbocycles. The summed E-state index contributed by atoms with van der Waals surface area (Å²) in [6, 6.07) is 17.7. The van der Waals surface area contributed by atoms with E-state index in [1.807, 2.05) is 61.5 Å². The van der Waals surface area contributed by atoms with Crippen molar-refractivity contribution < 1.29 is 4.79 Å². The molecule has 0 aliphatic carbocycles. The summed E-state index contributed by atoms with van der Waals surface area (Å²) >= 11 is 0. The smallest absolute Gasteiger partial charge is 0.231 e. The second-order valence-electron chi connectivity index (χ2n) is 4.84. The minimum atomic E-state index is 0.0762. The Morgan fingerprint density at radius 2 is 1.85 bits per heavy atom. The van der Waals surface area contributed by atoms with Gasteiger partial charge in [0.25, 0.3) is 0 Å². The number of benzene rings is 2. The van der Waals surface area contributed by atoms with Gasteiger partial charge in [-0.1, -0.05) is 42.5 Å². The normalized spacial score (nSPS) is 10.3. The number of rotatable bonds is 5. The van der Waals surface area contributed by atoms with Gasteiger partial charge in [0.1, 0.15) is 0 Å². The first-order valence-electron chi connectivity index (χ1n) is 6.81. The van der Waals surface area contributed by atoms with E-state index in [4.69, 9.17) is 5.73 Å². The van der Waals surface area contributed by atoms with Crippen LogP contribution in [-0.4, -0.2) is 19.0 Å². The maximum absolute atomic E-state index is 12.5. The molecule has 3 heteroatoms. The van der Waals surface area contributed by atoms with E-state index in [0.29, 0.717) is 19.5 Å². The Labute approximate surface area is 120 Å². The molecule has 0 aliphatic rings. The fourth-order valence-electron chi connectivity index (χ4n) is 2.19. The molecule has 2 N–H and O–H groups in total. The summed E-state index contributed by atoms with van der Waals surface area (Å²) in [7, 11) is 0. The highest BCUT2D eigenvalue weighted by atomic mass is 16.2. The number of hydrogen-bond donors (Lipinski definition) is 1. The number of aryl methyl sites for hydroxylation is 1. The Bertz CT molecular complexity index is 566. The van der Waals surface area contributed by atoms with Gasteiger partial charge in [-0.05, 0) is 30.2 Å². The van der Waals surface area contributed by atoms with E-state index in [2.05, 4.69) is 0 Å². The number of nitrogens with two attached hydrogens (primary N) is 1. The molecular formula is C17H20N2O. The molecule has 0 aliphatic heterocycles. The molecule has 3 nitrogen and oxygen atoms in total. The molecular weight excluding hydrogens is 248 g/mol. The Balaban J connectivity index is 2.18. The molecule has 20 heavy (non-hydrogen) atoms. The maximum atomic E-state index is 12.5. The van der Waals surface area contributed by atoms with Crippen molar-refractivity contribution in [3.05, 3.63) is 65.7 Å². The molecule has 2 rings (SSSR count). The van der Waals surface area contributed by atoms with Crippen LogP contribution in [0.2, 0.25) is 0 Å². The number of carbonyl (C=O) groups excluding carboxylic acids is 1. The van der Waals surface area contributed by atoms with Crippen LogP contribution in [0.15, 0.2) is 54.6 Å². The van der Waals surface area contributed by atoms with Gasteiger partial charge in [-0.15, -0.1) is 0 Å². The second-order valence-corrected chi connectivity index (χ2v) is 4.84. The molecule has 1 amide bonds. The summed E-state index contributed by atoms with van der Waals surface area (Å²) in [6.07, 6.45) is 0.398. The quantitative estimate of drug-likeness (QED) is 0.905. The third-order valence-corrected chi connectivity index (χ3v) is 3.17. The van der Waals surface area contributed by atoms with Crippen LogP contribution in [0.4, 0.5) is 5.69 Å². The lowest BCUT2D eigenvalue weighted by Gasteiger charge is -2.22. The molecule has 0 saturated heterocycles. The lowest BCUT2D eigenvalue weighted by atomic mass is 10.1. The maximum Gasteiger partial charge on any atom is 0.231 e. The van der Waals surface area contributed by atoms with E-state index in [1.165, 1.54) is 0 Å². The Morgan fingerprint density at radius 1 is 1.10 bits per heavy atom. The molecule has 0 radical (unpaired) electrons. The van der Waals surface area contributed by atoms with Crippen molar-refractivity contribution in [2.75, 3.05) is 18.0 Å². The Morgan fingerprint density at radius 3 is 2.50 bits per heavy atom. The molecule has 0 bridgehead atoms. The van der Waals surface area contributed by atoms with Crippen molar-refractivity contribution in [2.24, 2.45) is 5.73 Å². The third-order valence-electron chi connectivity index (χ3n) is 3.17. The molecule has 0 atom stereocenters. The lowest BCUT2D eigenvalue weighted by Crippen LogP contribution is -2.36. The van der Waals surface area contributed by atoms with Gasteiger partial charge in [0, 0.05) is 18.8 Å². The van der Waals surface area contributed by atoms with Gasteiger partial charge < -0.3 is 10.6 Å². The zero-order valence-corrected chi connectivity index (χ0v) is 11.8. The van der Waals surface area contributed by atoms with Crippen LogP contribution in [0.1, 0.15) is 11.1 Å². The van der Waals surface area contributed by atoms with Crippen molar-refractivity contribution >= 4 is 11.6 Å². The monoisotopic (exact) mass is 268 g/mol. The molecule has 0 fully saturated rings. The first-order chi connectivity index (χ1) is 9.70. The van der Waals surface area contributed by atoms with Crippen molar-refractivity contribution in [3.8, 4) is 0 Å². The Kier molecular flexibility index (Phi) is 4.91. The summed E-state index contributed by atoms with van der Waals surface area (Å²) in [4.78, 5) is 14.2. The molecule has 2 aromatic carbocycles. The standard InChI is InChI=1S/C17H20N2O/c1-14-6-5-9-16(12-14)19(11-10-18)17(20)13-15-7-3-2-4-8-15/h2-9,12H,10-11,13,18H2,1H3. The van der Waals surface area contributed by atoms with Crippen LogP contribution >= 0.6 is 0 Å². The van der Waals surface area contributed by atoms with Crippen molar-refractivity contribution in [2.45, 2.75) is 13.3 Å². The summed E-state index contributed by atoms with van der Waals surface area (Å²) in [5, 5.41) is 0. The first-order valence-corrected chi connectivity index (χ1v) is 6.81. The van der Waals surface area contributed by atoms with Gasteiger partial charge in [0.05, 0.1) is 6.42 Å². The number of anilines is 1. The number of carbonyl (C=O) groups is 1. The molecule has 0 heterocycles. The minimum absolute atomic E-state index is 0.0762. The SMILES string of the molecule is Cc1cccc(N(CCN)C(=O)Cc2ccccc2)c1. The fourth-order valence-corrected chi connectivity index (χ4v) is 2.19. The highest BCUT2D eigenvalue weighted by Crippen LogP contribution is 2.17. The molecule has 0 aromatic heterocycles. The van der Waals surface area contributed by atoms with Crippen LogP contribution in [0, 0.1) is 6.92 Å². The van der Waals surface area contributed by atoms with Crippen molar-refractivity contribution in [3.63, 3.8) is 0 Å².